The average molecular weight is 678 g/mol. The number of unbranched alkanes of at least 4 members (excludes halogenated alkanes) is 2. The minimum absolute atomic E-state index is 0.282. The lowest BCUT2D eigenvalue weighted by Gasteiger charge is -2.20. The Balaban J connectivity index is 1.36. The largest absolute Gasteiger partial charge is 0.432 e. The van der Waals surface area contributed by atoms with E-state index < -0.39 is 75.4 Å². The second-order valence-corrected chi connectivity index (χ2v) is 10.9. The number of aryl methyl sites for hydroxylation is 1. The molecule has 1 aromatic heterocycles. The lowest BCUT2D eigenvalue weighted by molar-refractivity contribution is -0.189. The van der Waals surface area contributed by atoms with E-state index in [0.717, 1.165) is 49.4 Å². The molecule has 0 saturated heterocycles. The molecule has 0 unspecified atom stereocenters. The van der Waals surface area contributed by atoms with Crippen LogP contribution in [0.2, 0.25) is 0 Å². The summed E-state index contributed by atoms with van der Waals surface area (Å²) in [6.07, 6.45) is -2.51. The lowest BCUT2D eigenvalue weighted by Crippen LogP contribution is -2.25. The Hall–Kier alpha value is -4.87. The first-order chi connectivity index (χ1) is 22.8. The molecule has 48 heavy (non-hydrogen) atoms. The van der Waals surface area contributed by atoms with Gasteiger partial charge in [-0.1, -0.05) is 38.0 Å². The van der Waals surface area contributed by atoms with Crippen molar-refractivity contribution < 1.29 is 48.6 Å². The van der Waals surface area contributed by atoms with Crippen molar-refractivity contribution in [3.05, 3.63) is 131 Å². The number of aromatic nitrogens is 1. The van der Waals surface area contributed by atoms with Crippen molar-refractivity contribution in [2.75, 3.05) is 0 Å². The molecule has 0 N–H and O–H groups in total. The summed E-state index contributed by atoms with van der Waals surface area (Å²) in [5, 5.41) is 0. The highest BCUT2D eigenvalue weighted by Crippen LogP contribution is 2.39. The van der Waals surface area contributed by atoms with Crippen LogP contribution >= 0.6 is 0 Å². The Morgan fingerprint density at radius 1 is 0.646 bits per heavy atom. The van der Waals surface area contributed by atoms with Gasteiger partial charge < -0.3 is 4.74 Å². The number of ether oxygens (including phenoxy) is 1. The third-order valence-corrected chi connectivity index (χ3v) is 7.60. The van der Waals surface area contributed by atoms with Crippen LogP contribution in [0.25, 0.3) is 33.5 Å². The minimum Gasteiger partial charge on any atom is -0.429 e. The molecular weight excluding hydrogens is 652 g/mol. The fraction of sp³-hybridized carbons (Fsp3) is 0.194. The molecule has 0 aliphatic heterocycles. The van der Waals surface area contributed by atoms with Gasteiger partial charge in [-0.05, 0) is 78.1 Å². The van der Waals surface area contributed by atoms with E-state index in [-0.39, 0.29) is 11.1 Å². The van der Waals surface area contributed by atoms with Gasteiger partial charge in [-0.3, -0.25) is 4.98 Å². The first-order valence-electron chi connectivity index (χ1n) is 14.7. The summed E-state index contributed by atoms with van der Waals surface area (Å²) >= 11 is 0. The Morgan fingerprint density at radius 3 is 1.73 bits per heavy atom. The highest BCUT2D eigenvalue weighted by Gasteiger charge is 2.41. The van der Waals surface area contributed by atoms with Crippen LogP contribution in [-0.2, 0) is 12.5 Å². The second-order valence-electron chi connectivity index (χ2n) is 10.9. The van der Waals surface area contributed by atoms with Crippen molar-refractivity contribution in [3.8, 4) is 39.3 Å². The fourth-order valence-corrected chi connectivity index (χ4v) is 5.18. The molecule has 12 heteroatoms. The molecule has 0 fully saturated rings. The zero-order valence-corrected chi connectivity index (χ0v) is 25.0. The van der Waals surface area contributed by atoms with Crippen LogP contribution < -0.4 is 4.74 Å². The van der Waals surface area contributed by atoms with E-state index in [0.29, 0.717) is 41.6 Å². The molecule has 5 aromatic rings. The molecule has 5 rings (SSSR count). The van der Waals surface area contributed by atoms with E-state index in [2.05, 4.69) is 16.6 Å². The first-order valence-corrected chi connectivity index (χ1v) is 14.7. The second kappa shape index (κ2) is 14.1. The predicted octanol–water partition coefficient (Wildman–Crippen LogP) is 11.7. The van der Waals surface area contributed by atoms with Gasteiger partial charge in [-0.25, -0.2) is 35.1 Å². The van der Waals surface area contributed by atoms with E-state index in [4.69, 9.17) is 0 Å². The summed E-state index contributed by atoms with van der Waals surface area (Å²) < 4.78 is 148. The Labute approximate surface area is 268 Å². The maximum absolute atomic E-state index is 15.1. The molecule has 0 bridgehead atoms. The average Bonchev–Trinajstić information content (AvgIpc) is 3.00. The van der Waals surface area contributed by atoms with Gasteiger partial charge in [0.1, 0.15) is 46.2 Å². The smallest absolute Gasteiger partial charge is 0.429 e. The molecule has 4 aromatic carbocycles. The minimum atomic E-state index is -4.71. The molecule has 0 spiro atoms. The normalized spacial score (nSPS) is 11.8. The van der Waals surface area contributed by atoms with Crippen LogP contribution in [0.3, 0.4) is 0 Å². The van der Waals surface area contributed by atoms with Crippen molar-refractivity contribution in [2.45, 2.75) is 45.1 Å². The van der Waals surface area contributed by atoms with Crippen LogP contribution in [0, 0.1) is 34.9 Å². The summed E-state index contributed by atoms with van der Waals surface area (Å²) in [6.45, 7) is 2.09. The van der Waals surface area contributed by atoms with Crippen molar-refractivity contribution in [2.24, 2.45) is 0 Å². The van der Waals surface area contributed by atoms with Crippen molar-refractivity contribution in [1.29, 1.82) is 0 Å². The number of rotatable bonds is 11. The molecule has 0 atom stereocenters. The van der Waals surface area contributed by atoms with Crippen LogP contribution in [0.5, 0.6) is 5.75 Å². The van der Waals surface area contributed by atoms with Gasteiger partial charge in [-0.15, -0.1) is 0 Å². The number of hydrogen-bond donors (Lipinski definition) is 0. The van der Waals surface area contributed by atoms with Crippen molar-refractivity contribution >= 4 is 0 Å². The number of pyridine rings is 1. The molecule has 0 aliphatic carbocycles. The highest BCUT2D eigenvalue weighted by atomic mass is 19.3. The molecule has 0 radical (unpaired) electrons. The molecular formula is C36H25F10NO. The molecule has 250 valence electrons. The highest BCUT2D eigenvalue weighted by molar-refractivity contribution is 5.70. The van der Waals surface area contributed by atoms with E-state index in [1.54, 1.807) is 12.3 Å². The monoisotopic (exact) mass is 677 g/mol. The SMILES string of the molecule is CCCCCc1ccc(-c2ccc(-c3cc(F)c(C(F)(F)Oc4ccc(-c5cc(F)c(C(F)F)c(F)c5)c(F)c4)c(F)c3)c(F)c2)nc1. The number of hydrogen-bond acceptors (Lipinski definition) is 2. The van der Waals surface area contributed by atoms with E-state index in [1.165, 1.54) is 12.1 Å². The van der Waals surface area contributed by atoms with Crippen LogP contribution in [0.4, 0.5) is 43.9 Å². The summed E-state index contributed by atoms with van der Waals surface area (Å²) in [4.78, 5) is 4.35. The maximum Gasteiger partial charge on any atom is 0.432 e. The first kappa shape index (κ1) is 34.5. The van der Waals surface area contributed by atoms with Crippen LogP contribution in [0.15, 0.2) is 79.0 Å². The third-order valence-electron chi connectivity index (χ3n) is 7.60. The number of alkyl halides is 4. The number of benzene rings is 4. The summed E-state index contributed by atoms with van der Waals surface area (Å²) in [5.74, 6) is -10.1. The Bertz CT molecular complexity index is 1900. The van der Waals surface area contributed by atoms with Gasteiger partial charge in [0.05, 0.1) is 11.3 Å². The van der Waals surface area contributed by atoms with Gasteiger partial charge >= 0.3 is 6.11 Å². The zero-order chi connectivity index (χ0) is 34.7. The quantitative estimate of drug-likeness (QED) is 0.103. The van der Waals surface area contributed by atoms with E-state index in [1.807, 2.05) is 6.07 Å². The third kappa shape index (κ3) is 7.32. The summed E-state index contributed by atoms with van der Waals surface area (Å²) in [5.41, 5.74) is -3.26. The van der Waals surface area contributed by atoms with E-state index in [9.17, 15) is 22.0 Å². The molecule has 0 aliphatic rings. The molecule has 1 heterocycles. The standard InChI is InChI=1S/C36H25F10NO/c1-2-3-4-5-19-6-11-32(47-18-19)20-7-9-24(26(37)12-20)22-15-30(41)34(31(42)16-22)36(45,46)48-23-8-10-25(27(38)17-23)21-13-28(39)33(35(43)44)29(40)14-21/h6-18,35H,2-5H2,1H3. The molecule has 2 nitrogen and oxygen atoms in total. The van der Waals surface area contributed by atoms with Crippen molar-refractivity contribution in [1.82, 2.24) is 4.98 Å². The predicted molar refractivity (Wildman–Crippen MR) is 159 cm³/mol. The van der Waals surface area contributed by atoms with Crippen molar-refractivity contribution in [3.63, 3.8) is 0 Å². The van der Waals surface area contributed by atoms with Gasteiger partial charge in [0.25, 0.3) is 6.43 Å². The topological polar surface area (TPSA) is 22.1 Å². The summed E-state index contributed by atoms with van der Waals surface area (Å²) in [7, 11) is 0. The van der Waals surface area contributed by atoms with Crippen LogP contribution in [-0.4, -0.2) is 4.98 Å². The maximum atomic E-state index is 15.1. The fourth-order valence-electron chi connectivity index (χ4n) is 5.18. The van der Waals surface area contributed by atoms with Gasteiger partial charge in [0.2, 0.25) is 0 Å². The number of nitrogens with zero attached hydrogens (tertiary/aromatic N) is 1. The Morgan fingerprint density at radius 2 is 1.21 bits per heavy atom. The van der Waals surface area contributed by atoms with E-state index >= 15 is 22.0 Å². The lowest BCUT2D eigenvalue weighted by atomic mass is 9.99. The van der Waals surface area contributed by atoms with Gasteiger partial charge in [-0.2, -0.15) is 8.78 Å². The Kier molecular flexibility index (Phi) is 10.1. The molecule has 0 saturated carbocycles. The number of halogens is 10. The van der Waals surface area contributed by atoms with Gasteiger partial charge in [0, 0.05) is 29.0 Å². The summed E-state index contributed by atoms with van der Waals surface area (Å²) in [6, 6.07) is 11.1. The molecule has 0 amide bonds. The van der Waals surface area contributed by atoms with Gasteiger partial charge in [0.15, 0.2) is 0 Å². The zero-order valence-electron chi connectivity index (χ0n) is 25.0. The van der Waals surface area contributed by atoms with Crippen LogP contribution in [0.1, 0.15) is 49.3 Å².